The highest BCUT2D eigenvalue weighted by molar-refractivity contribution is 7.15. The van der Waals surface area contributed by atoms with Crippen molar-refractivity contribution in [2.45, 2.75) is 19.8 Å². The Morgan fingerprint density at radius 3 is 2.96 bits per heavy atom. The quantitative estimate of drug-likeness (QED) is 0.490. The maximum atomic E-state index is 11.0. The second-order valence-corrected chi connectivity index (χ2v) is 7.63. The minimum Gasteiger partial charge on any atom is -0.493 e. The molecule has 0 saturated heterocycles. The predicted octanol–water partition coefficient (Wildman–Crippen LogP) is 4.24. The van der Waals surface area contributed by atoms with Crippen LogP contribution in [0.4, 0.5) is 0 Å². The molecule has 142 valence electrons. The minimum absolute atomic E-state index is 0.0161. The number of rotatable bonds is 7. The standard InChI is InChI=1S/C21H19N3O3S/c1-13-17(24-21(28-13)19-4-2-3-8-22-19)7-9-27-15-5-6-18-16(11-15)14(12-23-18)10-20(25)26/h2-6,8,11-12,23H,7,9-10H2,1H3,(H,25,26). The lowest BCUT2D eigenvalue weighted by Crippen LogP contribution is -2.03. The molecule has 0 spiro atoms. The van der Waals surface area contributed by atoms with Gasteiger partial charge in [-0.3, -0.25) is 9.78 Å². The molecular formula is C21H19N3O3S. The summed E-state index contributed by atoms with van der Waals surface area (Å²) in [6, 6.07) is 11.5. The number of thiazole rings is 1. The van der Waals surface area contributed by atoms with E-state index >= 15 is 0 Å². The van der Waals surface area contributed by atoms with Gasteiger partial charge in [-0.15, -0.1) is 11.3 Å². The lowest BCUT2D eigenvalue weighted by Gasteiger charge is -2.06. The first-order valence-electron chi connectivity index (χ1n) is 8.92. The average Bonchev–Trinajstić information content (AvgIpc) is 3.26. The monoisotopic (exact) mass is 393 g/mol. The molecule has 7 heteroatoms. The van der Waals surface area contributed by atoms with E-state index < -0.39 is 5.97 Å². The molecule has 0 radical (unpaired) electrons. The van der Waals surface area contributed by atoms with Crippen molar-refractivity contribution in [2.75, 3.05) is 6.61 Å². The van der Waals surface area contributed by atoms with E-state index in [-0.39, 0.29) is 6.42 Å². The van der Waals surface area contributed by atoms with Gasteiger partial charge in [0.25, 0.3) is 0 Å². The Morgan fingerprint density at radius 2 is 2.18 bits per heavy atom. The van der Waals surface area contributed by atoms with E-state index in [2.05, 4.69) is 16.9 Å². The number of nitrogens with one attached hydrogen (secondary N) is 1. The highest BCUT2D eigenvalue weighted by Gasteiger charge is 2.11. The van der Waals surface area contributed by atoms with E-state index in [9.17, 15) is 4.79 Å². The number of nitrogens with zero attached hydrogens (tertiary/aromatic N) is 2. The molecule has 0 unspecified atom stereocenters. The van der Waals surface area contributed by atoms with Crippen molar-refractivity contribution in [3.8, 4) is 16.5 Å². The summed E-state index contributed by atoms with van der Waals surface area (Å²) in [5, 5.41) is 10.8. The number of pyridine rings is 1. The van der Waals surface area contributed by atoms with Crippen LogP contribution in [0.2, 0.25) is 0 Å². The first kappa shape index (κ1) is 18.2. The molecule has 0 aliphatic heterocycles. The molecule has 3 heterocycles. The van der Waals surface area contributed by atoms with Gasteiger partial charge < -0.3 is 14.8 Å². The Balaban J connectivity index is 1.44. The van der Waals surface area contributed by atoms with Crippen molar-refractivity contribution < 1.29 is 14.6 Å². The first-order chi connectivity index (χ1) is 13.6. The van der Waals surface area contributed by atoms with Crippen LogP contribution in [0.3, 0.4) is 0 Å². The van der Waals surface area contributed by atoms with Gasteiger partial charge in [-0.2, -0.15) is 0 Å². The topological polar surface area (TPSA) is 88.1 Å². The lowest BCUT2D eigenvalue weighted by molar-refractivity contribution is -0.136. The van der Waals surface area contributed by atoms with E-state index in [1.54, 1.807) is 23.7 Å². The number of hydrogen-bond donors (Lipinski definition) is 2. The van der Waals surface area contributed by atoms with Gasteiger partial charge in [-0.1, -0.05) is 6.07 Å². The van der Waals surface area contributed by atoms with Crippen LogP contribution in [0.15, 0.2) is 48.8 Å². The van der Waals surface area contributed by atoms with Crippen molar-refractivity contribution in [3.63, 3.8) is 0 Å². The largest absolute Gasteiger partial charge is 0.493 e. The Bertz CT molecular complexity index is 1120. The van der Waals surface area contributed by atoms with Gasteiger partial charge in [0, 0.05) is 34.6 Å². The number of carboxylic acid groups (broad SMARTS) is 1. The van der Waals surface area contributed by atoms with Gasteiger partial charge in [0.15, 0.2) is 0 Å². The molecule has 3 aromatic heterocycles. The van der Waals surface area contributed by atoms with Crippen molar-refractivity contribution >= 4 is 28.2 Å². The van der Waals surface area contributed by atoms with Gasteiger partial charge >= 0.3 is 5.97 Å². The number of aromatic nitrogens is 3. The zero-order valence-corrected chi connectivity index (χ0v) is 16.1. The van der Waals surface area contributed by atoms with Crippen LogP contribution in [0.25, 0.3) is 21.6 Å². The smallest absolute Gasteiger partial charge is 0.307 e. The highest BCUT2D eigenvalue weighted by atomic mass is 32.1. The third-order valence-electron chi connectivity index (χ3n) is 4.46. The van der Waals surface area contributed by atoms with Crippen LogP contribution in [0.5, 0.6) is 5.75 Å². The van der Waals surface area contributed by atoms with Crippen LogP contribution in [-0.2, 0) is 17.6 Å². The summed E-state index contributed by atoms with van der Waals surface area (Å²) in [6.07, 6.45) is 4.19. The molecule has 0 aliphatic carbocycles. The highest BCUT2D eigenvalue weighted by Crippen LogP contribution is 2.27. The number of H-pyrrole nitrogens is 1. The molecule has 2 N–H and O–H groups in total. The number of fused-ring (bicyclic) bond motifs is 1. The first-order valence-corrected chi connectivity index (χ1v) is 9.74. The maximum absolute atomic E-state index is 11.0. The van der Waals surface area contributed by atoms with E-state index in [0.29, 0.717) is 13.0 Å². The molecule has 4 rings (SSSR count). The Hall–Kier alpha value is -3.19. The van der Waals surface area contributed by atoms with Crippen molar-refractivity contribution in [2.24, 2.45) is 0 Å². The minimum atomic E-state index is -0.852. The predicted molar refractivity (Wildman–Crippen MR) is 109 cm³/mol. The third-order valence-corrected chi connectivity index (χ3v) is 5.50. The summed E-state index contributed by atoms with van der Waals surface area (Å²) in [5.41, 5.74) is 3.55. The van der Waals surface area contributed by atoms with Crippen LogP contribution in [0, 0.1) is 6.92 Å². The van der Waals surface area contributed by atoms with E-state index in [1.165, 1.54) is 0 Å². The van der Waals surface area contributed by atoms with E-state index in [0.717, 1.165) is 43.5 Å². The molecule has 0 atom stereocenters. The number of benzene rings is 1. The van der Waals surface area contributed by atoms with Gasteiger partial charge in [-0.25, -0.2) is 4.98 Å². The fourth-order valence-corrected chi connectivity index (χ4v) is 4.02. The molecule has 0 fully saturated rings. The molecule has 4 aromatic rings. The number of aliphatic carboxylic acids is 1. The number of aromatic amines is 1. The summed E-state index contributed by atoms with van der Waals surface area (Å²) >= 11 is 1.64. The molecule has 6 nitrogen and oxygen atoms in total. The number of hydrogen-bond acceptors (Lipinski definition) is 5. The molecule has 0 aliphatic rings. The van der Waals surface area contributed by atoms with Crippen LogP contribution in [0.1, 0.15) is 16.1 Å². The van der Waals surface area contributed by atoms with Gasteiger partial charge in [0.1, 0.15) is 10.8 Å². The Morgan fingerprint density at radius 1 is 1.29 bits per heavy atom. The lowest BCUT2D eigenvalue weighted by atomic mass is 10.1. The van der Waals surface area contributed by atoms with E-state index in [1.807, 2.05) is 36.4 Å². The Labute approximate surface area is 165 Å². The summed E-state index contributed by atoms with van der Waals surface area (Å²) in [4.78, 5) is 24.3. The Kier molecular flexibility index (Phi) is 5.08. The number of aryl methyl sites for hydroxylation is 1. The van der Waals surface area contributed by atoms with Crippen molar-refractivity contribution in [1.82, 2.24) is 15.0 Å². The maximum Gasteiger partial charge on any atom is 0.307 e. The fourth-order valence-electron chi connectivity index (χ4n) is 3.08. The normalized spacial score (nSPS) is 11.0. The molecule has 0 saturated carbocycles. The van der Waals surface area contributed by atoms with Gasteiger partial charge in [-0.05, 0) is 42.8 Å². The molecule has 0 amide bonds. The molecule has 0 bridgehead atoms. The molecule has 28 heavy (non-hydrogen) atoms. The third kappa shape index (κ3) is 3.89. The average molecular weight is 393 g/mol. The molecule has 1 aromatic carbocycles. The zero-order chi connectivity index (χ0) is 19.5. The second kappa shape index (κ2) is 7.82. The van der Waals surface area contributed by atoms with Gasteiger partial charge in [0.2, 0.25) is 0 Å². The number of carbonyl (C=O) groups is 1. The summed E-state index contributed by atoms with van der Waals surface area (Å²) in [6.45, 7) is 2.56. The van der Waals surface area contributed by atoms with Crippen molar-refractivity contribution in [3.05, 3.63) is 64.9 Å². The van der Waals surface area contributed by atoms with Crippen LogP contribution < -0.4 is 4.74 Å². The van der Waals surface area contributed by atoms with Crippen LogP contribution in [-0.4, -0.2) is 32.6 Å². The van der Waals surface area contributed by atoms with Gasteiger partial charge in [0.05, 0.1) is 24.4 Å². The zero-order valence-electron chi connectivity index (χ0n) is 15.3. The second-order valence-electron chi connectivity index (χ2n) is 6.43. The summed E-state index contributed by atoms with van der Waals surface area (Å²) in [5.74, 6) is -0.133. The van der Waals surface area contributed by atoms with Crippen molar-refractivity contribution in [1.29, 1.82) is 0 Å². The number of ether oxygens (including phenoxy) is 1. The summed E-state index contributed by atoms with van der Waals surface area (Å²) in [7, 11) is 0. The molecular weight excluding hydrogens is 374 g/mol. The SMILES string of the molecule is Cc1sc(-c2ccccn2)nc1CCOc1ccc2[nH]cc(CC(=O)O)c2c1. The van der Waals surface area contributed by atoms with Crippen LogP contribution >= 0.6 is 11.3 Å². The number of carboxylic acids is 1. The van der Waals surface area contributed by atoms with E-state index in [4.69, 9.17) is 14.8 Å². The fraction of sp³-hybridized carbons (Fsp3) is 0.190. The summed E-state index contributed by atoms with van der Waals surface area (Å²) < 4.78 is 5.91.